The van der Waals surface area contributed by atoms with Crippen molar-refractivity contribution in [2.24, 2.45) is 11.7 Å². The number of amides is 4. The highest BCUT2D eigenvalue weighted by atomic mass is 16.4. The molecule has 0 aliphatic carbocycles. The van der Waals surface area contributed by atoms with Crippen LogP contribution in [-0.4, -0.2) is 109 Å². The summed E-state index contributed by atoms with van der Waals surface area (Å²) in [5.74, 6) is -11.1. The van der Waals surface area contributed by atoms with Gasteiger partial charge in [0.25, 0.3) is 0 Å². The van der Waals surface area contributed by atoms with Gasteiger partial charge in [0.15, 0.2) is 6.04 Å². The van der Waals surface area contributed by atoms with E-state index in [4.69, 9.17) is 26.2 Å². The number of carbonyl (C=O) groups is 8. The van der Waals surface area contributed by atoms with Crippen molar-refractivity contribution in [2.45, 2.75) is 82.8 Å². The van der Waals surface area contributed by atoms with Crippen molar-refractivity contribution in [1.29, 1.82) is 0 Å². The maximum Gasteiger partial charge on any atom is 0.328 e. The largest absolute Gasteiger partial charge is 0.481 e. The topological polar surface area (TPSA) is 312 Å². The number of aliphatic hydroxyl groups is 1. The van der Waals surface area contributed by atoms with Crippen molar-refractivity contribution in [3.8, 4) is 0 Å². The van der Waals surface area contributed by atoms with Crippen molar-refractivity contribution >= 4 is 47.5 Å². The van der Waals surface area contributed by atoms with E-state index in [0.717, 1.165) is 6.92 Å². The van der Waals surface area contributed by atoms with Gasteiger partial charge in [0, 0.05) is 6.42 Å². The van der Waals surface area contributed by atoms with Crippen molar-refractivity contribution in [3.05, 3.63) is 0 Å². The number of carboxylic acid groups (broad SMARTS) is 4. The molecule has 0 fully saturated rings. The maximum absolute atomic E-state index is 13.0. The summed E-state index contributed by atoms with van der Waals surface area (Å²) in [4.78, 5) is 95.0. The molecule has 0 aromatic carbocycles. The summed E-state index contributed by atoms with van der Waals surface area (Å²) < 4.78 is 0. The third kappa shape index (κ3) is 13.0. The average Bonchev–Trinajstić information content (AvgIpc) is 2.80. The average molecular weight is 578 g/mol. The van der Waals surface area contributed by atoms with Crippen molar-refractivity contribution in [3.63, 3.8) is 0 Å². The third-order valence-corrected chi connectivity index (χ3v) is 5.32. The van der Waals surface area contributed by atoms with Gasteiger partial charge in [-0.2, -0.15) is 0 Å². The fourth-order valence-electron chi connectivity index (χ4n) is 3.17. The number of hydrogen-bond acceptors (Lipinski definition) is 10. The van der Waals surface area contributed by atoms with Crippen LogP contribution in [0, 0.1) is 5.92 Å². The lowest BCUT2D eigenvalue weighted by Gasteiger charge is -2.28. The second-order valence-electron chi connectivity index (χ2n) is 9.15. The van der Waals surface area contributed by atoms with E-state index in [1.54, 1.807) is 0 Å². The Morgan fingerprint density at radius 2 is 1.10 bits per heavy atom. The standard InChI is InChI=1S/C22H35N5O13/c1-8(2)16(21(38)25-12(7-15(33)34)20(37)27-17(9(3)28)22(39)40)26-19(36)11(4-5-13(29)30)24-18(35)10(23)6-14(31)32/h8-12,16-17,28H,4-7,23H2,1-3H3,(H,24,35)(H,25,38)(H,26,36)(H,27,37)(H,29,30)(H,31,32)(H,33,34)(H,39,40)/t9-,10+,11+,12+,16+,17+/m1/s1. The van der Waals surface area contributed by atoms with Gasteiger partial charge in [0.05, 0.1) is 25.0 Å². The Morgan fingerprint density at radius 1 is 0.625 bits per heavy atom. The van der Waals surface area contributed by atoms with Crippen molar-refractivity contribution < 1.29 is 63.9 Å². The number of nitrogens with one attached hydrogen (secondary N) is 4. The Morgan fingerprint density at radius 3 is 1.52 bits per heavy atom. The van der Waals surface area contributed by atoms with Crippen LogP contribution in [0.1, 0.15) is 46.5 Å². The molecular formula is C22H35N5O13. The Hall–Kier alpha value is -4.32. The molecule has 11 N–H and O–H groups in total. The Balaban J connectivity index is 5.84. The molecule has 0 saturated carbocycles. The molecule has 0 aliphatic rings. The highest BCUT2D eigenvalue weighted by molar-refractivity contribution is 5.97. The predicted molar refractivity (Wildman–Crippen MR) is 131 cm³/mol. The zero-order valence-corrected chi connectivity index (χ0v) is 21.9. The summed E-state index contributed by atoms with van der Waals surface area (Å²) in [6, 6.07) is -8.28. The summed E-state index contributed by atoms with van der Waals surface area (Å²) in [6.45, 7) is 3.97. The second kappa shape index (κ2) is 16.6. The van der Waals surface area contributed by atoms with Crippen LogP contribution in [0.3, 0.4) is 0 Å². The minimum absolute atomic E-state index is 0.473. The van der Waals surface area contributed by atoms with Gasteiger partial charge in [-0.05, 0) is 19.3 Å². The van der Waals surface area contributed by atoms with E-state index >= 15 is 0 Å². The normalized spacial score (nSPS) is 15.3. The molecule has 6 atom stereocenters. The van der Waals surface area contributed by atoms with E-state index in [2.05, 4.69) is 16.0 Å². The Bertz CT molecular complexity index is 984. The Labute approximate surface area is 227 Å². The molecule has 0 unspecified atom stereocenters. The first kappa shape index (κ1) is 35.7. The third-order valence-electron chi connectivity index (χ3n) is 5.32. The smallest absolute Gasteiger partial charge is 0.328 e. The van der Waals surface area contributed by atoms with Gasteiger partial charge in [-0.15, -0.1) is 0 Å². The van der Waals surface area contributed by atoms with Crippen molar-refractivity contribution in [2.75, 3.05) is 0 Å². The maximum atomic E-state index is 13.0. The van der Waals surface area contributed by atoms with E-state index < -0.39 is 115 Å². The van der Waals surface area contributed by atoms with Gasteiger partial charge >= 0.3 is 23.9 Å². The van der Waals surface area contributed by atoms with Gasteiger partial charge < -0.3 is 52.5 Å². The lowest BCUT2D eigenvalue weighted by Crippen LogP contribution is -2.60. The van der Waals surface area contributed by atoms with E-state index in [0.29, 0.717) is 0 Å². The first-order valence-corrected chi connectivity index (χ1v) is 11.9. The summed E-state index contributed by atoms with van der Waals surface area (Å²) >= 11 is 0. The van der Waals surface area contributed by atoms with Crippen LogP contribution in [0.2, 0.25) is 0 Å². The minimum Gasteiger partial charge on any atom is -0.481 e. The van der Waals surface area contributed by atoms with Crippen LogP contribution in [0.4, 0.5) is 0 Å². The monoisotopic (exact) mass is 577 g/mol. The number of hydrogen-bond donors (Lipinski definition) is 10. The van der Waals surface area contributed by atoms with Crippen LogP contribution >= 0.6 is 0 Å². The van der Waals surface area contributed by atoms with Gasteiger partial charge in [0.2, 0.25) is 23.6 Å². The summed E-state index contributed by atoms with van der Waals surface area (Å²) in [7, 11) is 0. The molecule has 0 aliphatic heterocycles. The zero-order chi connectivity index (χ0) is 31.3. The number of rotatable bonds is 18. The highest BCUT2D eigenvalue weighted by Crippen LogP contribution is 2.08. The van der Waals surface area contributed by atoms with Crippen LogP contribution < -0.4 is 27.0 Å². The summed E-state index contributed by atoms with van der Waals surface area (Å²) in [6.07, 6.45) is -4.45. The van der Waals surface area contributed by atoms with Crippen LogP contribution in [0.5, 0.6) is 0 Å². The number of aliphatic carboxylic acids is 4. The first-order chi connectivity index (χ1) is 18.4. The Kier molecular flexibility index (Phi) is 14.8. The molecule has 0 saturated heterocycles. The minimum atomic E-state index is -1.83. The number of aliphatic hydroxyl groups excluding tert-OH is 1. The SMILES string of the molecule is CC(C)[C@H](NC(=O)[C@H](CCC(=O)O)NC(=O)[C@@H](N)CC(=O)O)C(=O)N[C@@H](CC(=O)O)C(=O)N[C@H](C(=O)O)[C@@H](C)O. The molecule has 0 rings (SSSR count). The lowest BCUT2D eigenvalue weighted by atomic mass is 10.0. The lowest BCUT2D eigenvalue weighted by molar-refractivity contribution is -0.146. The van der Waals surface area contributed by atoms with E-state index in [9.17, 15) is 43.5 Å². The highest BCUT2D eigenvalue weighted by Gasteiger charge is 2.35. The molecule has 40 heavy (non-hydrogen) atoms. The molecule has 0 bridgehead atoms. The van der Waals surface area contributed by atoms with Gasteiger partial charge in [-0.1, -0.05) is 13.8 Å². The summed E-state index contributed by atoms with van der Waals surface area (Å²) in [5, 5.41) is 54.0. The molecule has 18 nitrogen and oxygen atoms in total. The van der Waals surface area contributed by atoms with Gasteiger partial charge in [-0.3, -0.25) is 33.6 Å². The van der Waals surface area contributed by atoms with E-state index in [-0.39, 0.29) is 0 Å². The molecule has 0 spiro atoms. The van der Waals surface area contributed by atoms with Crippen LogP contribution in [0.15, 0.2) is 0 Å². The molecule has 0 aromatic heterocycles. The van der Waals surface area contributed by atoms with Crippen LogP contribution in [-0.2, 0) is 38.4 Å². The fourth-order valence-corrected chi connectivity index (χ4v) is 3.17. The molecule has 4 amide bonds. The van der Waals surface area contributed by atoms with Gasteiger partial charge in [-0.25, -0.2) is 4.79 Å². The molecule has 0 aromatic rings. The second-order valence-corrected chi connectivity index (χ2v) is 9.15. The number of carbonyl (C=O) groups excluding carboxylic acids is 4. The van der Waals surface area contributed by atoms with Crippen molar-refractivity contribution in [1.82, 2.24) is 21.3 Å². The molecular weight excluding hydrogens is 542 g/mol. The molecule has 0 heterocycles. The molecule has 226 valence electrons. The quantitative estimate of drug-likeness (QED) is 0.0747. The summed E-state index contributed by atoms with van der Waals surface area (Å²) in [5.41, 5.74) is 5.47. The first-order valence-electron chi connectivity index (χ1n) is 11.9. The van der Waals surface area contributed by atoms with Crippen LogP contribution in [0.25, 0.3) is 0 Å². The van der Waals surface area contributed by atoms with Gasteiger partial charge in [0.1, 0.15) is 18.1 Å². The molecule has 18 heteroatoms. The number of nitrogens with two attached hydrogens (primary N) is 1. The zero-order valence-electron chi connectivity index (χ0n) is 21.9. The van der Waals surface area contributed by atoms with E-state index in [1.807, 2.05) is 5.32 Å². The molecule has 0 radical (unpaired) electrons. The predicted octanol–water partition coefficient (Wildman–Crippen LogP) is -3.81. The van der Waals surface area contributed by atoms with E-state index in [1.165, 1.54) is 13.8 Å². The number of carboxylic acids is 4. The fraction of sp³-hybridized carbons (Fsp3) is 0.636.